The molecular weight excluding hydrogens is 521 g/mol. The van der Waals surface area contributed by atoms with Gasteiger partial charge in [0, 0.05) is 47.8 Å². The fourth-order valence-electron chi connectivity index (χ4n) is 4.34. The van der Waals surface area contributed by atoms with Gasteiger partial charge in [0.2, 0.25) is 0 Å². The Kier molecular flexibility index (Phi) is 8.54. The van der Waals surface area contributed by atoms with Crippen LogP contribution in [-0.4, -0.2) is 57.8 Å². The zero-order chi connectivity index (χ0) is 24.4. The van der Waals surface area contributed by atoms with Crippen LogP contribution in [-0.2, 0) is 11.2 Å². The van der Waals surface area contributed by atoms with E-state index in [4.69, 9.17) is 21.1 Å². The Labute approximate surface area is 225 Å². The zero-order valence-corrected chi connectivity index (χ0v) is 22.1. The second-order valence-corrected chi connectivity index (χ2v) is 9.96. The predicted molar refractivity (Wildman–Crippen MR) is 145 cm³/mol. The number of methoxy groups -OCH3 is 1. The van der Waals surface area contributed by atoms with Crippen LogP contribution in [0.4, 0.5) is 5.69 Å². The van der Waals surface area contributed by atoms with Crippen molar-refractivity contribution in [2.75, 3.05) is 44.8 Å². The number of carbonyl (C=O) groups is 2. The van der Waals surface area contributed by atoms with Crippen LogP contribution >= 0.6 is 35.3 Å². The molecule has 7 nitrogen and oxygen atoms in total. The van der Waals surface area contributed by atoms with Crippen molar-refractivity contribution in [3.05, 3.63) is 69.6 Å². The summed E-state index contributed by atoms with van der Waals surface area (Å²) in [6, 6.07) is 15.0. The Balaban J connectivity index is 0.00000304. The van der Waals surface area contributed by atoms with Crippen LogP contribution < -0.4 is 20.3 Å². The number of ether oxygens (including phenoxy) is 2. The molecule has 2 aliphatic rings. The fraction of sp³-hybridized carbons (Fsp3) is 0.308. The molecule has 0 spiro atoms. The Morgan fingerprint density at radius 1 is 1.25 bits per heavy atom. The van der Waals surface area contributed by atoms with E-state index in [1.807, 2.05) is 24.3 Å². The summed E-state index contributed by atoms with van der Waals surface area (Å²) in [5, 5.41) is 6.84. The highest BCUT2D eigenvalue weighted by atomic mass is 35.5. The average molecular weight is 548 g/mol. The molecule has 0 radical (unpaired) electrons. The van der Waals surface area contributed by atoms with Crippen LogP contribution in [0.15, 0.2) is 48.5 Å². The summed E-state index contributed by atoms with van der Waals surface area (Å²) in [6.45, 7) is 3.14. The molecule has 3 heterocycles. The Bertz CT molecular complexity index is 1240. The summed E-state index contributed by atoms with van der Waals surface area (Å²) < 4.78 is 11.2. The predicted octanol–water partition coefficient (Wildman–Crippen LogP) is 4.42. The van der Waals surface area contributed by atoms with E-state index in [0.29, 0.717) is 48.3 Å². The molecule has 2 N–H and O–H groups in total. The van der Waals surface area contributed by atoms with Gasteiger partial charge in [-0.05, 0) is 47.9 Å². The van der Waals surface area contributed by atoms with Crippen molar-refractivity contribution in [3.8, 4) is 16.2 Å². The quantitative estimate of drug-likeness (QED) is 0.477. The van der Waals surface area contributed by atoms with Crippen molar-refractivity contribution in [3.63, 3.8) is 0 Å². The third kappa shape index (κ3) is 5.53. The number of halogens is 2. The number of nitrogens with zero attached hydrogens (tertiary/aromatic N) is 1. The third-order valence-electron chi connectivity index (χ3n) is 6.22. The van der Waals surface area contributed by atoms with Crippen LogP contribution in [0, 0.1) is 0 Å². The normalized spacial score (nSPS) is 17.2. The first kappa shape index (κ1) is 26.4. The molecule has 3 aromatic rings. The van der Waals surface area contributed by atoms with Gasteiger partial charge < -0.3 is 25.0 Å². The monoisotopic (exact) mass is 547 g/mol. The smallest absolute Gasteiger partial charge is 0.268 e. The van der Waals surface area contributed by atoms with Gasteiger partial charge in [-0.15, -0.1) is 23.7 Å². The zero-order valence-electron chi connectivity index (χ0n) is 19.7. The van der Waals surface area contributed by atoms with E-state index in [1.165, 1.54) is 18.4 Å². The molecule has 190 valence electrons. The number of hydrogen-bond donors (Lipinski definition) is 2. The summed E-state index contributed by atoms with van der Waals surface area (Å²) in [4.78, 5) is 29.7. The van der Waals surface area contributed by atoms with Gasteiger partial charge in [0.25, 0.3) is 11.8 Å². The molecule has 1 atom stereocenters. The SMILES string of the molecule is COc1cc(N2CCc3cc(-c4ccc(Cl)cc4)sc3C2=O)ccc1C(=O)NCC1CNCCO1.Cl. The minimum Gasteiger partial charge on any atom is -0.496 e. The van der Waals surface area contributed by atoms with Crippen molar-refractivity contribution < 1.29 is 19.1 Å². The molecule has 0 aliphatic carbocycles. The van der Waals surface area contributed by atoms with Gasteiger partial charge in [0.05, 0.1) is 30.3 Å². The highest BCUT2D eigenvalue weighted by Gasteiger charge is 2.29. The lowest BCUT2D eigenvalue weighted by atomic mass is 10.0. The molecule has 1 fully saturated rings. The molecule has 0 saturated carbocycles. The highest BCUT2D eigenvalue weighted by Crippen LogP contribution is 2.37. The summed E-state index contributed by atoms with van der Waals surface area (Å²) >= 11 is 7.51. The molecule has 1 unspecified atom stereocenters. The summed E-state index contributed by atoms with van der Waals surface area (Å²) in [6.07, 6.45) is 0.701. The number of thiophene rings is 1. The molecule has 1 aromatic heterocycles. The lowest BCUT2D eigenvalue weighted by Gasteiger charge is -2.27. The minimum atomic E-state index is -0.235. The Morgan fingerprint density at radius 3 is 2.78 bits per heavy atom. The van der Waals surface area contributed by atoms with E-state index in [0.717, 1.165) is 33.8 Å². The first-order chi connectivity index (χ1) is 17.0. The fourth-order valence-corrected chi connectivity index (χ4v) is 5.63. The van der Waals surface area contributed by atoms with Crippen LogP contribution in [0.2, 0.25) is 5.02 Å². The van der Waals surface area contributed by atoms with E-state index in [1.54, 1.807) is 23.1 Å². The third-order valence-corrected chi connectivity index (χ3v) is 7.68. The maximum absolute atomic E-state index is 13.4. The number of amides is 2. The molecule has 1 saturated heterocycles. The van der Waals surface area contributed by atoms with Crippen molar-refractivity contribution in [1.29, 1.82) is 0 Å². The van der Waals surface area contributed by atoms with Gasteiger partial charge in [-0.25, -0.2) is 0 Å². The number of benzene rings is 2. The lowest BCUT2D eigenvalue weighted by Crippen LogP contribution is -2.45. The van der Waals surface area contributed by atoms with Crippen LogP contribution in [0.1, 0.15) is 25.6 Å². The van der Waals surface area contributed by atoms with Gasteiger partial charge in [0.15, 0.2) is 0 Å². The van der Waals surface area contributed by atoms with Crippen molar-refractivity contribution in [1.82, 2.24) is 10.6 Å². The largest absolute Gasteiger partial charge is 0.496 e. The van der Waals surface area contributed by atoms with Gasteiger partial charge in [-0.1, -0.05) is 23.7 Å². The van der Waals surface area contributed by atoms with E-state index in [-0.39, 0.29) is 30.3 Å². The molecule has 10 heteroatoms. The molecule has 2 aliphatic heterocycles. The Morgan fingerprint density at radius 2 is 2.06 bits per heavy atom. The molecular formula is C26H27Cl2N3O4S. The molecule has 2 amide bonds. The maximum Gasteiger partial charge on any atom is 0.268 e. The van der Waals surface area contributed by atoms with Gasteiger partial charge in [-0.2, -0.15) is 0 Å². The van der Waals surface area contributed by atoms with Crippen LogP contribution in [0.3, 0.4) is 0 Å². The molecule has 0 bridgehead atoms. The average Bonchev–Trinajstić information content (AvgIpc) is 3.33. The van der Waals surface area contributed by atoms with Crippen LogP contribution in [0.5, 0.6) is 5.75 Å². The first-order valence-corrected chi connectivity index (χ1v) is 12.7. The Hall–Kier alpha value is -2.62. The van der Waals surface area contributed by atoms with Gasteiger partial charge in [-0.3, -0.25) is 9.59 Å². The van der Waals surface area contributed by atoms with E-state index in [9.17, 15) is 9.59 Å². The number of anilines is 1. The topological polar surface area (TPSA) is 79.9 Å². The number of fused-ring (bicyclic) bond motifs is 1. The maximum atomic E-state index is 13.4. The minimum absolute atomic E-state index is 0. The summed E-state index contributed by atoms with van der Waals surface area (Å²) in [5.41, 5.74) is 3.23. The molecule has 5 rings (SSSR count). The number of rotatable bonds is 6. The van der Waals surface area contributed by atoms with E-state index >= 15 is 0 Å². The van der Waals surface area contributed by atoms with E-state index < -0.39 is 0 Å². The highest BCUT2D eigenvalue weighted by molar-refractivity contribution is 7.17. The number of hydrogen-bond acceptors (Lipinski definition) is 6. The van der Waals surface area contributed by atoms with Crippen LogP contribution in [0.25, 0.3) is 10.4 Å². The number of carbonyl (C=O) groups excluding carboxylic acids is 2. The summed E-state index contributed by atoms with van der Waals surface area (Å²) in [5.74, 6) is 0.146. The van der Waals surface area contributed by atoms with Crippen molar-refractivity contribution in [2.45, 2.75) is 12.5 Å². The molecule has 36 heavy (non-hydrogen) atoms. The second kappa shape index (κ2) is 11.6. The van der Waals surface area contributed by atoms with E-state index in [2.05, 4.69) is 16.7 Å². The first-order valence-electron chi connectivity index (χ1n) is 11.5. The van der Waals surface area contributed by atoms with Gasteiger partial charge in [0.1, 0.15) is 5.75 Å². The number of nitrogens with one attached hydrogen (secondary N) is 2. The molecule has 2 aromatic carbocycles. The van der Waals surface area contributed by atoms with Crippen molar-refractivity contribution >= 4 is 52.8 Å². The second-order valence-electron chi connectivity index (χ2n) is 8.47. The lowest BCUT2D eigenvalue weighted by molar-refractivity contribution is 0.0287. The van der Waals surface area contributed by atoms with Gasteiger partial charge >= 0.3 is 0 Å². The standard InChI is InChI=1S/C26H26ClN3O4S.ClH/c1-33-22-13-19(6-7-21(22)25(31)29-15-20-14-28-9-11-34-20)30-10-8-17-12-23(35-24(17)26(30)32)16-2-4-18(27)5-3-16;/h2-7,12-13,20,28H,8-11,14-15H2,1H3,(H,29,31);1H. The summed E-state index contributed by atoms with van der Waals surface area (Å²) in [7, 11) is 1.53. The van der Waals surface area contributed by atoms with Crippen molar-refractivity contribution in [2.24, 2.45) is 0 Å². The number of morpholine rings is 1.